The first-order valence-electron chi connectivity index (χ1n) is 5.22. The second kappa shape index (κ2) is 5.26. The highest BCUT2D eigenvalue weighted by Crippen LogP contribution is 2.25. The van der Waals surface area contributed by atoms with E-state index in [9.17, 15) is 0 Å². The Morgan fingerprint density at radius 3 is 3.00 bits per heavy atom. The molecule has 2 nitrogen and oxygen atoms in total. The first-order chi connectivity index (χ1) is 7.42. The molecule has 0 aliphatic heterocycles. The van der Waals surface area contributed by atoms with Gasteiger partial charge in [-0.05, 0) is 35.9 Å². The molecule has 0 bridgehead atoms. The zero-order chi connectivity index (χ0) is 10.5. The SMILES string of the molecule is CNCNCCc1csc2ccccc12. The summed E-state index contributed by atoms with van der Waals surface area (Å²) in [5, 5.41) is 10.1. The molecular weight excluding hydrogens is 204 g/mol. The Morgan fingerprint density at radius 2 is 2.13 bits per heavy atom. The molecule has 0 fully saturated rings. The lowest BCUT2D eigenvalue weighted by molar-refractivity contribution is 0.632. The predicted molar refractivity (Wildman–Crippen MR) is 67.5 cm³/mol. The average Bonchev–Trinajstić information content (AvgIpc) is 2.68. The molecule has 2 aromatic rings. The molecule has 80 valence electrons. The third-order valence-electron chi connectivity index (χ3n) is 2.43. The van der Waals surface area contributed by atoms with Crippen molar-refractivity contribution >= 4 is 21.4 Å². The maximum Gasteiger partial charge on any atom is 0.0451 e. The normalized spacial score (nSPS) is 11.0. The van der Waals surface area contributed by atoms with E-state index in [0.29, 0.717) is 0 Å². The van der Waals surface area contributed by atoms with Crippen molar-refractivity contribution in [3.05, 3.63) is 35.2 Å². The van der Waals surface area contributed by atoms with Gasteiger partial charge in [-0.1, -0.05) is 18.2 Å². The molecule has 2 rings (SSSR count). The van der Waals surface area contributed by atoms with Crippen LogP contribution >= 0.6 is 11.3 Å². The zero-order valence-corrected chi connectivity index (χ0v) is 9.73. The molecule has 0 radical (unpaired) electrons. The second-order valence-electron chi connectivity index (χ2n) is 3.54. The van der Waals surface area contributed by atoms with Gasteiger partial charge in [0.15, 0.2) is 0 Å². The number of fused-ring (bicyclic) bond motifs is 1. The van der Waals surface area contributed by atoms with Crippen LogP contribution in [0.25, 0.3) is 10.1 Å². The molecular formula is C12H16N2S. The van der Waals surface area contributed by atoms with E-state index in [4.69, 9.17) is 0 Å². The minimum atomic E-state index is 0.877. The monoisotopic (exact) mass is 220 g/mol. The highest BCUT2D eigenvalue weighted by atomic mass is 32.1. The van der Waals surface area contributed by atoms with Crippen LogP contribution < -0.4 is 10.6 Å². The Kier molecular flexibility index (Phi) is 3.72. The summed E-state index contributed by atoms with van der Waals surface area (Å²) in [6.07, 6.45) is 1.10. The number of benzene rings is 1. The lowest BCUT2D eigenvalue weighted by Gasteiger charge is -2.02. The Bertz CT molecular complexity index is 422. The molecule has 15 heavy (non-hydrogen) atoms. The van der Waals surface area contributed by atoms with E-state index in [-0.39, 0.29) is 0 Å². The minimum Gasteiger partial charge on any atom is -0.308 e. The lowest BCUT2D eigenvalue weighted by Crippen LogP contribution is -2.27. The number of hydrogen-bond acceptors (Lipinski definition) is 3. The molecule has 0 unspecified atom stereocenters. The molecule has 0 saturated heterocycles. The zero-order valence-electron chi connectivity index (χ0n) is 8.92. The van der Waals surface area contributed by atoms with E-state index >= 15 is 0 Å². The van der Waals surface area contributed by atoms with Gasteiger partial charge in [-0.15, -0.1) is 11.3 Å². The summed E-state index contributed by atoms with van der Waals surface area (Å²) in [5.74, 6) is 0. The molecule has 0 aliphatic rings. The molecule has 2 N–H and O–H groups in total. The highest BCUT2D eigenvalue weighted by molar-refractivity contribution is 7.17. The van der Waals surface area contributed by atoms with Crippen LogP contribution in [-0.4, -0.2) is 20.3 Å². The van der Waals surface area contributed by atoms with Gasteiger partial charge in [0.05, 0.1) is 0 Å². The number of nitrogens with one attached hydrogen (secondary N) is 2. The van der Waals surface area contributed by atoms with Crippen LogP contribution in [-0.2, 0) is 6.42 Å². The molecule has 1 heterocycles. The van der Waals surface area contributed by atoms with Crippen molar-refractivity contribution in [3.8, 4) is 0 Å². The van der Waals surface area contributed by atoms with Gasteiger partial charge in [-0.25, -0.2) is 0 Å². The Labute approximate surface area is 94.3 Å². The quantitative estimate of drug-likeness (QED) is 0.596. The Balaban J connectivity index is 2.02. The molecule has 3 heteroatoms. The summed E-state index contributed by atoms with van der Waals surface area (Å²) in [6, 6.07) is 8.60. The van der Waals surface area contributed by atoms with Crippen LogP contribution in [0.5, 0.6) is 0 Å². The van der Waals surface area contributed by atoms with Gasteiger partial charge >= 0.3 is 0 Å². The lowest BCUT2D eigenvalue weighted by atomic mass is 10.1. The molecule has 0 saturated carbocycles. The Hall–Kier alpha value is -0.900. The fourth-order valence-electron chi connectivity index (χ4n) is 1.66. The van der Waals surface area contributed by atoms with E-state index in [0.717, 1.165) is 19.6 Å². The maximum absolute atomic E-state index is 3.33. The molecule has 0 aliphatic carbocycles. The van der Waals surface area contributed by atoms with Crippen molar-refractivity contribution in [3.63, 3.8) is 0 Å². The van der Waals surface area contributed by atoms with Crippen molar-refractivity contribution in [1.82, 2.24) is 10.6 Å². The van der Waals surface area contributed by atoms with E-state index in [2.05, 4.69) is 40.3 Å². The average molecular weight is 220 g/mol. The summed E-state index contributed by atoms with van der Waals surface area (Å²) in [5.41, 5.74) is 1.46. The van der Waals surface area contributed by atoms with Gasteiger partial charge in [0.1, 0.15) is 0 Å². The summed E-state index contributed by atoms with van der Waals surface area (Å²) in [6.45, 7) is 1.91. The molecule has 1 aromatic carbocycles. The Morgan fingerprint density at radius 1 is 1.27 bits per heavy atom. The van der Waals surface area contributed by atoms with Gasteiger partial charge in [0.2, 0.25) is 0 Å². The number of hydrogen-bond donors (Lipinski definition) is 2. The van der Waals surface area contributed by atoms with E-state index in [1.54, 1.807) is 0 Å². The van der Waals surface area contributed by atoms with Crippen LogP contribution in [0.15, 0.2) is 29.6 Å². The first kappa shape index (κ1) is 10.6. The van der Waals surface area contributed by atoms with Gasteiger partial charge in [0, 0.05) is 17.9 Å². The summed E-state index contributed by atoms with van der Waals surface area (Å²) >= 11 is 1.83. The van der Waals surface area contributed by atoms with Crippen molar-refractivity contribution in [2.75, 3.05) is 20.3 Å². The standard InChI is InChI=1S/C12H16N2S/c1-13-9-14-7-6-10-8-15-12-5-3-2-4-11(10)12/h2-5,8,13-14H,6-7,9H2,1H3. The van der Waals surface area contributed by atoms with Crippen LogP contribution in [0.2, 0.25) is 0 Å². The largest absolute Gasteiger partial charge is 0.308 e. The maximum atomic E-state index is 3.33. The smallest absolute Gasteiger partial charge is 0.0451 e. The summed E-state index contributed by atoms with van der Waals surface area (Å²) in [4.78, 5) is 0. The van der Waals surface area contributed by atoms with Crippen LogP contribution in [0, 0.1) is 0 Å². The van der Waals surface area contributed by atoms with Gasteiger partial charge in [-0.2, -0.15) is 0 Å². The molecule has 0 atom stereocenters. The van der Waals surface area contributed by atoms with Crippen molar-refractivity contribution in [2.45, 2.75) is 6.42 Å². The van der Waals surface area contributed by atoms with Gasteiger partial charge in [0.25, 0.3) is 0 Å². The summed E-state index contributed by atoms with van der Waals surface area (Å²) < 4.78 is 1.39. The number of rotatable bonds is 5. The fourth-order valence-corrected chi connectivity index (χ4v) is 2.66. The topological polar surface area (TPSA) is 24.1 Å². The molecule has 1 aromatic heterocycles. The third kappa shape index (κ3) is 2.56. The van der Waals surface area contributed by atoms with E-state index < -0.39 is 0 Å². The van der Waals surface area contributed by atoms with E-state index in [1.165, 1.54) is 15.6 Å². The third-order valence-corrected chi connectivity index (χ3v) is 3.45. The van der Waals surface area contributed by atoms with Crippen molar-refractivity contribution in [1.29, 1.82) is 0 Å². The predicted octanol–water partition coefficient (Wildman–Crippen LogP) is 2.21. The van der Waals surface area contributed by atoms with Crippen molar-refractivity contribution < 1.29 is 0 Å². The summed E-state index contributed by atoms with van der Waals surface area (Å²) in [7, 11) is 1.95. The molecule has 0 spiro atoms. The van der Waals surface area contributed by atoms with Crippen molar-refractivity contribution in [2.24, 2.45) is 0 Å². The second-order valence-corrected chi connectivity index (χ2v) is 4.45. The highest BCUT2D eigenvalue weighted by Gasteiger charge is 2.01. The van der Waals surface area contributed by atoms with Gasteiger partial charge < -0.3 is 10.6 Å². The van der Waals surface area contributed by atoms with Gasteiger partial charge in [-0.3, -0.25) is 0 Å². The number of thiophene rings is 1. The first-order valence-corrected chi connectivity index (χ1v) is 6.10. The van der Waals surface area contributed by atoms with Crippen LogP contribution in [0.4, 0.5) is 0 Å². The van der Waals surface area contributed by atoms with Crippen LogP contribution in [0.3, 0.4) is 0 Å². The van der Waals surface area contributed by atoms with E-state index in [1.807, 2.05) is 18.4 Å². The molecule has 0 amide bonds. The van der Waals surface area contributed by atoms with Crippen LogP contribution in [0.1, 0.15) is 5.56 Å². The minimum absolute atomic E-state index is 0.877. The fraction of sp³-hybridized carbons (Fsp3) is 0.333.